The van der Waals surface area contributed by atoms with Crippen molar-refractivity contribution in [3.63, 3.8) is 0 Å². The highest BCUT2D eigenvalue weighted by Gasteiger charge is 2.32. The second-order valence-corrected chi connectivity index (χ2v) is 11.2. The Morgan fingerprint density at radius 2 is 1.88 bits per heavy atom. The number of aromatic nitrogens is 2. The summed E-state index contributed by atoms with van der Waals surface area (Å²) in [5, 5.41) is 14.3. The van der Waals surface area contributed by atoms with Gasteiger partial charge in [0, 0.05) is 25.0 Å². The van der Waals surface area contributed by atoms with E-state index in [-0.39, 0.29) is 16.0 Å². The van der Waals surface area contributed by atoms with Crippen molar-refractivity contribution in [1.82, 2.24) is 13.1 Å². The molecule has 12 heteroatoms. The summed E-state index contributed by atoms with van der Waals surface area (Å²) >= 11 is 2.09. The van der Waals surface area contributed by atoms with E-state index in [2.05, 4.69) is 14.1 Å². The second-order valence-electron chi connectivity index (χ2n) is 7.28. The highest BCUT2D eigenvalue weighted by Crippen LogP contribution is 2.47. The average Bonchev–Trinajstić information content (AvgIpc) is 3.45. The van der Waals surface area contributed by atoms with E-state index in [1.165, 1.54) is 4.31 Å². The highest BCUT2D eigenvalue weighted by atomic mass is 32.2. The predicted octanol–water partition coefficient (Wildman–Crippen LogP) is 4.88. The number of hydrogen-bond donors (Lipinski definition) is 2. The lowest BCUT2D eigenvalue weighted by Gasteiger charge is -2.21. The van der Waals surface area contributed by atoms with Crippen LogP contribution in [0, 0.1) is 13.8 Å². The molecule has 0 amide bonds. The molecule has 1 atom stereocenters. The van der Waals surface area contributed by atoms with Crippen molar-refractivity contribution in [1.29, 1.82) is 0 Å². The molecule has 176 valence electrons. The minimum atomic E-state index is -3.79. The number of rotatable bonds is 10. The van der Waals surface area contributed by atoms with Gasteiger partial charge >= 0.3 is 0 Å². The van der Waals surface area contributed by atoms with Crippen LogP contribution in [0.2, 0.25) is 0 Å². The zero-order valence-corrected chi connectivity index (χ0v) is 21.5. The molecule has 0 aliphatic heterocycles. The zero-order chi connectivity index (χ0) is 23.6. The number of thiophene rings is 1. The lowest BCUT2D eigenvalue weighted by atomic mass is 10.2. The van der Waals surface area contributed by atoms with E-state index in [0.29, 0.717) is 35.3 Å². The van der Waals surface area contributed by atoms with E-state index < -0.39 is 10.0 Å². The molecule has 3 heterocycles. The van der Waals surface area contributed by atoms with Gasteiger partial charge in [0.05, 0.1) is 23.5 Å². The Morgan fingerprint density at radius 3 is 2.44 bits per heavy atom. The van der Waals surface area contributed by atoms with Gasteiger partial charge in [-0.15, -0.1) is 11.3 Å². The van der Waals surface area contributed by atoms with Crippen LogP contribution >= 0.6 is 23.1 Å². The number of aromatic hydroxyl groups is 1. The SMILES string of the molecule is CC[C@@H](Nc1nsnc1N(C)c1c(C)sc(S(=O)(=O)N(CC)CC)c1O)c1ccc(C)o1. The van der Waals surface area contributed by atoms with Gasteiger partial charge in [0.15, 0.2) is 21.6 Å². The standard InChI is InChI=1S/C20H29N5O4S3/c1-7-14(15-11-10-12(4)29-15)21-18-19(23-31-22-18)24(6)16-13(5)30-20(17(16)26)32(27,28)25(8-2)9-3/h10-11,14,26H,7-9H2,1-6H3,(H,21,22)/t14-/m1/s1. The van der Waals surface area contributed by atoms with Crippen molar-refractivity contribution in [3.05, 3.63) is 28.5 Å². The first kappa shape index (κ1) is 24.5. The van der Waals surface area contributed by atoms with E-state index in [9.17, 15) is 13.5 Å². The van der Waals surface area contributed by atoms with Crippen LogP contribution in [0.5, 0.6) is 5.75 Å². The molecule has 0 bridgehead atoms. The molecule has 0 saturated heterocycles. The minimum Gasteiger partial charge on any atom is -0.504 e. The van der Waals surface area contributed by atoms with E-state index in [1.54, 1.807) is 32.7 Å². The lowest BCUT2D eigenvalue weighted by molar-refractivity contribution is 0.433. The third-order valence-electron chi connectivity index (χ3n) is 5.22. The van der Waals surface area contributed by atoms with Crippen LogP contribution in [0.4, 0.5) is 17.3 Å². The molecule has 0 saturated carbocycles. The molecular weight excluding hydrogens is 470 g/mol. The summed E-state index contributed by atoms with van der Waals surface area (Å²) in [5.74, 6) is 2.40. The molecule has 2 N–H and O–H groups in total. The van der Waals surface area contributed by atoms with Gasteiger partial charge in [-0.3, -0.25) is 0 Å². The molecule has 0 aliphatic carbocycles. The van der Waals surface area contributed by atoms with Crippen molar-refractivity contribution in [2.45, 2.75) is 51.3 Å². The molecule has 0 radical (unpaired) electrons. The quantitative estimate of drug-likeness (QED) is 0.406. The number of nitrogens with one attached hydrogen (secondary N) is 1. The van der Waals surface area contributed by atoms with Crippen LogP contribution in [-0.4, -0.2) is 46.7 Å². The molecule has 3 aromatic rings. The summed E-state index contributed by atoms with van der Waals surface area (Å²) in [7, 11) is -2.05. The van der Waals surface area contributed by atoms with Gasteiger partial charge in [0.2, 0.25) is 0 Å². The van der Waals surface area contributed by atoms with Gasteiger partial charge in [-0.1, -0.05) is 20.8 Å². The maximum atomic E-state index is 13.0. The van der Waals surface area contributed by atoms with Crippen molar-refractivity contribution in [2.24, 2.45) is 0 Å². The Kier molecular flexibility index (Phi) is 7.48. The first-order valence-corrected chi connectivity index (χ1v) is 13.4. The first-order valence-electron chi connectivity index (χ1n) is 10.4. The fraction of sp³-hybridized carbons (Fsp3) is 0.500. The summed E-state index contributed by atoms with van der Waals surface area (Å²) in [6.07, 6.45) is 0.766. The fourth-order valence-corrected chi connectivity index (χ4v) is 7.24. The maximum absolute atomic E-state index is 13.0. The van der Waals surface area contributed by atoms with Gasteiger partial charge < -0.3 is 19.7 Å². The normalized spacial score (nSPS) is 13.0. The van der Waals surface area contributed by atoms with Gasteiger partial charge in [0.25, 0.3) is 10.0 Å². The molecule has 0 unspecified atom stereocenters. The number of furan rings is 1. The Hall–Kier alpha value is -2.15. The summed E-state index contributed by atoms with van der Waals surface area (Å²) in [4.78, 5) is 2.34. The first-order chi connectivity index (χ1) is 15.1. The number of anilines is 3. The van der Waals surface area contributed by atoms with E-state index in [1.807, 2.05) is 26.0 Å². The maximum Gasteiger partial charge on any atom is 0.256 e. The van der Waals surface area contributed by atoms with Crippen molar-refractivity contribution in [2.75, 3.05) is 30.4 Å². The monoisotopic (exact) mass is 499 g/mol. The van der Waals surface area contributed by atoms with Crippen LogP contribution in [-0.2, 0) is 10.0 Å². The summed E-state index contributed by atoms with van der Waals surface area (Å²) in [5.41, 5.74) is 0.401. The molecule has 0 fully saturated rings. The Morgan fingerprint density at radius 1 is 1.19 bits per heavy atom. The van der Waals surface area contributed by atoms with Crippen LogP contribution in [0.25, 0.3) is 0 Å². The van der Waals surface area contributed by atoms with Gasteiger partial charge in [-0.05, 0) is 32.4 Å². The molecule has 0 spiro atoms. The molecule has 0 aromatic carbocycles. The number of hydrogen-bond acceptors (Lipinski definition) is 10. The van der Waals surface area contributed by atoms with Crippen LogP contribution in [0.1, 0.15) is 49.6 Å². The summed E-state index contributed by atoms with van der Waals surface area (Å²) in [6.45, 7) is 9.92. The Labute approximate surface area is 197 Å². The van der Waals surface area contributed by atoms with Gasteiger partial charge in [-0.25, -0.2) is 8.42 Å². The third-order valence-corrected chi connectivity index (χ3v) is 9.36. The third kappa shape index (κ3) is 4.49. The van der Waals surface area contributed by atoms with Crippen LogP contribution in [0.15, 0.2) is 20.8 Å². The van der Waals surface area contributed by atoms with Crippen molar-refractivity contribution < 1.29 is 17.9 Å². The highest BCUT2D eigenvalue weighted by molar-refractivity contribution is 7.91. The van der Waals surface area contributed by atoms with E-state index in [0.717, 1.165) is 41.0 Å². The van der Waals surface area contributed by atoms with Gasteiger partial charge in [-0.2, -0.15) is 13.1 Å². The number of aryl methyl sites for hydroxylation is 2. The Balaban J connectivity index is 1.96. The zero-order valence-electron chi connectivity index (χ0n) is 19.0. The van der Waals surface area contributed by atoms with Gasteiger partial charge in [0.1, 0.15) is 11.5 Å². The smallest absolute Gasteiger partial charge is 0.256 e. The van der Waals surface area contributed by atoms with Crippen LogP contribution in [0.3, 0.4) is 0 Å². The number of sulfonamides is 1. The molecular formula is C20H29N5O4S3. The molecule has 3 rings (SSSR count). The largest absolute Gasteiger partial charge is 0.504 e. The Bertz CT molecular complexity index is 1160. The minimum absolute atomic E-state index is 0.0595. The topological polar surface area (TPSA) is 112 Å². The number of nitrogens with zero attached hydrogens (tertiary/aromatic N) is 4. The van der Waals surface area contributed by atoms with Crippen molar-refractivity contribution in [3.8, 4) is 5.75 Å². The van der Waals surface area contributed by atoms with Crippen LogP contribution < -0.4 is 10.2 Å². The lowest BCUT2D eigenvalue weighted by Crippen LogP contribution is -2.30. The summed E-state index contributed by atoms with van der Waals surface area (Å²) < 4.78 is 41.8. The summed E-state index contributed by atoms with van der Waals surface area (Å²) in [6, 6.07) is 3.74. The molecule has 32 heavy (non-hydrogen) atoms. The average molecular weight is 500 g/mol. The molecule has 0 aliphatic rings. The van der Waals surface area contributed by atoms with E-state index in [4.69, 9.17) is 4.42 Å². The predicted molar refractivity (Wildman–Crippen MR) is 129 cm³/mol. The van der Waals surface area contributed by atoms with E-state index >= 15 is 0 Å². The second kappa shape index (κ2) is 9.77. The fourth-order valence-electron chi connectivity index (χ4n) is 3.53. The molecule has 9 nitrogen and oxygen atoms in total. The molecule has 3 aromatic heterocycles. The van der Waals surface area contributed by atoms with Crippen molar-refractivity contribution >= 4 is 50.4 Å².